The summed E-state index contributed by atoms with van der Waals surface area (Å²) in [6.07, 6.45) is -1.03. The summed E-state index contributed by atoms with van der Waals surface area (Å²) in [6, 6.07) is 20.6. The molecule has 3 aromatic rings. The van der Waals surface area contributed by atoms with E-state index in [1.165, 1.54) is 36.4 Å². The molecule has 2 N–H and O–H groups in total. The number of amides is 2. The molecule has 32 heavy (non-hydrogen) atoms. The maximum Gasteiger partial charge on any atom is 0.335 e. The second-order valence-electron chi connectivity index (χ2n) is 7.61. The number of carboxylic acids is 1. The van der Waals surface area contributed by atoms with E-state index in [1.54, 1.807) is 17.2 Å². The number of hydrogen-bond acceptors (Lipinski definition) is 6. The smallest absolute Gasteiger partial charge is 0.335 e. The second kappa shape index (κ2) is 7.51. The van der Waals surface area contributed by atoms with E-state index in [2.05, 4.69) is 0 Å². The predicted molar refractivity (Wildman–Crippen MR) is 114 cm³/mol. The summed E-state index contributed by atoms with van der Waals surface area (Å²) >= 11 is 0. The maximum absolute atomic E-state index is 13.5. The zero-order valence-corrected chi connectivity index (χ0v) is 16.7. The number of fused-ring (bicyclic) bond motifs is 1. The van der Waals surface area contributed by atoms with E-state index in [9.17, 15) is 19.5 Å². The predicted octanol–water partition coefficient (Wildman–Crippen LogP) is 3.14. The van der Waals surface area contributed by atoms with Gasteiger partial charge in [0.25, 0.3) is 5.91 Å². The van der Waals surface area contributed by atoms with Crippen molar-refractivity contribution in [1.82, 2.24) is 0 Å². The second-order valence-corrected chi connectivity index (χ2v) is 7.61. The third-order valence-electron chi connectivity index (χ3n) is 5.73. The number of imide groups is 1. The highest BCUT2D eigenvalue weighted by atomic mass is 16.7. The van der Waals surface area contributed by atoms with Gasteiger partial charge in [0.2, 0.25) is 5.91 Å². The van der Waals surface area contributed by atoms with E-state index >= 15 is 0 Å². The van der Waals surface area contributed by atoms with Crippen molar-refractivity contribution < 1.29 is 29.4 Å². The zero-order valence-electron chi connectivity index (χ0n) is 16.7. The highest BCUT2D eigenvalue weighted by Gasteiger charge is 2.60. The fourth-order valence-electron chi connectivity index (χ4n) is 4.23. The molecule has 0 aromatic heterocycles. The molecule has 2 aliphatic rings. The minimum atomic E-state index is -1.10. The van der Waals surface area contributed by atoms with Crippen LogP contribution in [0.25, 0.3) is 0 Å². The van der Waals surface area contributed by atoms with Crippen LogP contribution in [-0.2, 0) is 14.4 Å². The number of anilines is 2. The summed E-state index contributed by atoms with van der Waals surface area (Å²) in [7, 11) is 0. The molecule has 160 valence electrons. The molecule has 2 fully saturated rings. The monoisotopic (exact) mass is 430 g/mol. The Balaban J connectivity index is 1.55. The minimum absolute atomic E-state index is 0.0570. The lowest BCUT2D eigenvalue weighted by Gasteiger charge is -2.28. The van der Waals surface area contributed by atoms with Gasteiger partial charge in [0.15, 0.2) is 6.10 Å². The van der Waals surface area contributed by atoms with Gasteiger partial charge in [0.05, 0.1) is 23.0 Å². The number of phenols is 1. The van der Waals surface area contributed by atoms with Crippen molar-refractivity contribution in [3.05, 3.63) is 90.0 Å². The van der Waals surface area contributed by atoms with E-state index in [1.807, 2.05) is 30.3 Å². The van der Waals surface area contributed by atoms with Gasteiger partial charge >= 0.3 is 5.97 Å². The topological polar surface area (TPSA) is 107 Å². The van der Waals surface area contributed by atoms with Crippen LogP contribution in [0.4, 0.5) is 11.4 Å². The molecule has 0 unspecified atom stereocenters. The van der Waals surface area contributed by atoms with Gasteiger partial charge in [-0.3, -0.25) is 14.4 Å². The highest BCUT2D eigenvalue weighted by Crippen LogP contribution is 2.47. The number of rotatable bonds is 4. The number of phenolic OH excluding ortho intramolecular Hbond substituents is 1. The van der Waals surface area contributed by atoms with Crippen LogP contribution in [0, 0.1) is 5.92 Å². The Labute approximate surface area is 182 Å². The van der Waals surface area contributed by atoms with E-state index < -0.39 is 35.8 Å². The molecule has 0 radical (unpaired) electrons. The molecule has 3 aromatic carbocycles. The quantitative estimate of drug-likeness (QED) is 0.613. The number of aromatic hydroxyl groups is 1. The molecule has 8 nitrogen and oxygen atoms in total. The fourth-order valence-corrected chi connectivity index (χ4v) is 4.23. The molecule has 0 saturated carbocycles. The number of benzene rings is 3. The van der Waals surface area contributed by atoms with Crippen molar-refractivity contribution in [3.8, 4) is 5.75 Å². The van der Waals surface area contributed by atoms with E-state index in [-0.39, 0.29) is 11.3 Å². The third-order valence-corrected chi connectivity index (χ3v) is 5.73. The summed E-state index contributed by atoms with van der Waals surface area (Å²) in [5.41, 5.74) is 1.75. The van der Waals surface area contributed by atoms with Gasteiger partial charge in [0, 0.05) is 0 Å². The molecule has 0 aliphatic carbocycles. The summed E-state index contributed by atoms with van der Waals surface area (Å²) in [5, 5.41) is 20.4. The first kappa shape index (κ1) is 19.8. The molecule has 2 heterocycles. The van der Waals surface area contributed by atoms with Crippen LogP contribution < -0.4 is 9.96 Å². The number of carboxylic acid groups (broad SMARTS) is 1. The molecule has 0 bridgehead atoms. The zero-order chi connectivity index (χ0) is 22.4. The van der Waals surface area contributed by atoms with Gasteiger partial charge in [-0.2, -0.15) is 0 Å². The van der Waals surface area contributed by atoms with Crippen molar-refractivity contribution in [3.63, 3.8) is 0 Å². The van der Waals surface area contributed by atoms with Gasteiger partial charge in [0.1, 0.15) is 11.7 Å². The molecular formula is C24H18N2O6. The molecule has 2 saturated heterocycles. The Morgan fingerprint density at radius 2 is 1.47 bits per heavy atom. The Kier molecular flexibility index (Phi) is 4.64. The fraction of sp³-hybridized carbons (Fsp3) is 0.125. The number of nitrogens with zero attached hydrogens (tertiary/aromatic N) is 2. The van der Waals surface area contributed by atoms with Crippen LogP contribution in [-0.4, -0.2) is 34.1 Å². The van der Waals surface area contributed by atoms with Crippen LogP contribution >= 0.6 is 0 Å². The van der Waals surface area contributed by atoms with Gasteiger partial charge < -0.3 is 10.2 Å². The van der Waals surface area contributed by atoms with Crippen LogP contribution in [0.1, 0.15) is 22.0 Å². The molecule has 5 rings (SSSR count). The first-order valence-corrected chi connectivity index (χ1v) is 9.97. The Hall–Kier alpha value is -4.17. The normalized spacial score (nSPS) is 22.3. The van der Waals surface area contributed by atoms with Crippen LogP contribution in [0.2, 0.25) is 0 Å². The third kappa shape index (κ3) is 3.09. The summed E-state index contributed by atoms with van der Waals surface area (Å²) in [5.74, 6) is -2.76. The maximum atomic E-state index is 13.5. The number of carbonyl (C=O) groups excluding carboxylic acids is 2. The highest BCUT2D eigenvalue weighted by molar-refractivity contribution is 6.24. The number of para-hydroxylation sites is 1. The van der Waals surface area contributed by atoms with Crippen molar-refractivity contribution in [2.24, 2.45) is 5.92 Å². The summed E-state index contributed by atoms with van der Waals surface area (Å²) in [6.45, 7) is 0. The molecule has 8 heteroatoms. The minimum Gasteiger partial charge on any atom is -0.508 e. The van der Waals surface area contributed by atoms with E-state index in [0.29, 0.717) is 16.9 Å². The lowest BCUT2D eigenvalue weighted by Crippen LogP contribution is -2.37. The SMILES string of the molecule is O=C(O)c1ccc(N2C(=O)[C@H]3[C@H](ON(c4ccccc4)[C@H]3c3ccc(O)cc3)C2=O)cc1. The Morgan fingerprint density at radius 3 is 2.09 bits per heavy atom. The number of aromatic carboxylic acids is 1. The van der Waals surface area contributed by atoms with Gasteiger partial charge in [-0.15, -0.1) is 0 Å². The Morgan fingerprint density at radius 1 is 0.812 bits per heavy atom. The van der Waals surface area contributed by atoms with Crippen LogP contribution in [0.15, 0.2) is 78.9 Å². The van der Waals surface area contributed by atoms with E-state index in [0.717, 1.165) is 4.90 Å². The molecule has 2 amide bonds. The standard InChI is InChI=1S/C24H18N2O6/c27-18-12-8-14(9-13-18)20-19-21(32-26(20)17-4-2-1-3-5-17)23(29)25(22(19)28)16-10-6-15(7-11-16)24(30)31/h1-13,19-21,27H,(H,30,31)/t19-,20+,21+/m1/s1. The molecular weight excluding hydrogens is 412 g/mol. The largest absolute Gasteiger partial charge is 0.508 e. The van der Waals surface area contributed by atoms with Crippen LogP contribution in [0.5, 0.6) is 5.75 Å². The lowest BCUT2D eigenvalue weighted by atomic mass is 9.90. The number of hydroxylamine groups is 1. The van der Waals surface area contributed by atoms with Crippen molar-refractivity contribution in [1.29, 1.82) is 0 Å². The Bertz CT molecular complexity index is 1190. The van der Waals surface area contributed by atoms with Gasteiger partial charge in [-0.25, -0.2) is 14.8 Å². The van der Waals surface area contributed by atoms with Gasteiger partial charge in [-0.1, -0.05) is 30.3 Å². The van der Waals surface area contributed by atoms with Crippen LogP contribution in [0.3, 0.4) is 0 Å². The summed E-state index contributed by atoms with van der Waals surface area (Å²) in [4.78, 5) is 44.9. The van der Waals surface area contributed by atoms with E-state index in [4.69, 9.17) is 9.94 Å². The number of hydrogen-bond donors (Lipinski definition) is 2. The van der Waals surface area contributed by atoms with Crippen molar-refractivity contribution >= 4 is 29.2 Å². The first-order valence-electron chi connectivity index (χ1n) is 9.97. The van der Waals surface area contributed by atoms with Crippen molar-refractivity contribution in [2.45, 2.75) is 12.1 Å². The van der Waals surface area contributed by atoms with Gasteiger partial charge in [-0.05, 0) is 54.1 Å². The van der Waals surface area contributed by atoms with Crippen molar-refractivity contribution in [2.75, 3.05) is 9.96 Å². The average Bonchev–Trinajstić information content (AvgIpc) is 3.31. The number of carbonyl (C=O) groups is 3. The molecule has 3 atom stereocenters. The molecule has 0 spiro atoms. The molecule has 2 aliphatic heterocycles. The lowest BCUT2D eigenvalue weighted by molar-refractivity contribution is -0.126. The first-order chi connectivity index (χ1) is 15.5. The summed E-state index contributed by atoms with van der Waals surface area (Å²) < 4.78 is 0. The average molecular weight is 430 g/mol.